The van der Waals surface area contributed by atoms with Gasteiger partial charge < -0.3 is 10.4 Å². The Kier molecular flexibility index (Phi) is 4.29. The Morgan fingerprint density at radius 2 is 2.12 bits per heavy atom. The molecule has 1 fully saturated rings. The molecular formula is C18H18F3N3O2. The Morgan fingerprint density at radius 3 is 2.69 bits per heavy atom. The zero-order valence-corrected chi connectivity index (χ0v) is 14.1. The van der Waals surface area contributed by atoms with E-state index in [1.807, 2.05) is 0 Å². The summed E-state index contributed by atoms with van der Waals surface area (Å²) < 4.78 is 38.9. The number of carbonyl (C=O) groups excluding carboxylic acids is 1. The topological polar surface area (TPSA) is 64.9 Å². The molecule has 26 heavy (non-hydrogen) atoms. The van der Waals surface area contributed by atoms with Crippen molar-refractivity contribution in [3.63, 3.8) is 0 Å². The molecule has 138 valence electrons. The molecule has 0 radical (unpaired) electrons. The van der Waals surface area contributed by atoms with E-state index in [1.54, 1.807) is 6.07 Å². The number of halogens is 3. The molecular weight excluding hydrogens is 347 g/mol. The molecule has 0 bridgehead atoms. The first-order valence-electron chi connectivity index (χ1n) is 8.02. The summed E-state index contributed by atoms with van der Waals surface area (Å²) >= 11 is 0. The van der Waals surface area contributed by atoms with Gasteiger partial charge in [0.2, 0.25) is 0 Å². The Hall–Kier alpha value is -2.77. The van der Waals surface area contributed by atoms with Crippen molar-refractivity contribution in [2.45, 2.75) is 24.4 Å². The van der Waals surface area contributed by atoms with Crippen LogP contribution in [-0.2, 0) is 16.4 Å². The minimum absolute atomic E-state index is 0.0210. The van der Waals surface area contributed by atoms with Gasteiger partial charge >= 0.3 is 6.18 Å². The molecule has 2 aliphatic rings. The number of benzene rings is 1. The smallest absolute Gasteiger partial charge is 0.416 e. The fraction of sp³-hybridized carbons (Fsp3) is 0.333. The normalized spacial score (nSPS) is 18.9. The summed E-state index contributed by atoms with van der Waals surface area (Å²) in [6.07, 6.45) is -1.67. The number of nitrogens with zero attached hydrogens (tertiary/aromatic N) is 2. The highest BCUT2D eigenvalue weighted by Crippen LogP contribution is 2.50. The molecule has 1 amide bonds. The third-order valence-corrected chi connectivity index (χ3v) is 4.66. The van der Waals surface area contributed by atoms with Gasteiger partial charge in [-0.05, 0) is 24.5 Å². The van der Waals surface area contributed by atoms with Gasteiger partial charge in [-0.15, -0.1) is 0 Å². The summed E-state index contributed by atoms with van der Waals surface area (Å²) in [6.45, 7) is 3.88. The van der Waals surface area contributed by atoms with Crippen LogP contribution >= 0.6 is 0 Å². The average Bonchev–Trinajstić information content (AvgIpc) is 3.37. The maximum absolute atomic E-state index is 13.0. The molecule has 1 aliphatic heterocycles. The zero-order chi connectivity index (χ0) is 19.1. The molecule has 1 heterocycles. The number of hydrazone groups is 1. The van der Waals surface area contributed by atoms with Gasteiger partial charge in [0.1, 0.15) is 5.76 Å². The van der Waals surface area contributed by atoms with Gasteiger partial charge in [0.15, 0.2) is 5.71 Å². The van der Waals surface area contributed by atoms with E-state index in [-0.39, 0.29) is 23.6 Å². The lowest BCUT2D eigenvalue weighted by molar-refractivity contribution is -0.137. The number of allylic oxidation sites excluding steroid dienone is 1. The van der Waals surface area contributed by atoms with Crippen molar-refractivity contribution in [3.8, 4) is 0 Å². The van der Waals surface area contributed by atoms with Crippen molar-refractivity contribution < 1.29 is 23.1 Å². The second kappa shape index (κ2) is 6.19. The fourth-order valence-corrected chi connectivity index (χ4v) is 2.96. The number of aliphatic hydroxyl groups is 1. The zero-order valence-electron chi connectivity index (χ0n) is 14.1. The largest absolute Gasteiger partial charge is 0.506 e. The van der Waals surface area contributed by atoms with E-state index in [4.69, 9.17) is 0 Å². The summed E-state index contributed by atoms with van der Waals surface area (Å²) in [7, 11) is 1.43. The number of hydrogen-bond acceptors (Lipinski definition) is 4. The van der Waals surface area contributed by atoms with E-state index in [1.165, 1.54) is 24.3 Å². The number of rotatable bonds is 4. The van der Waals surface area contributed by atoms with Crippen molar-refractivity contribution in [1.29, 1.82) is 0 Å². The number of nitrogens with one attached hydrogen (secondary N) is 1. The monoisotopic (exact) mass is 365 g/mol. The van der Waals surface area contributed by atoms with Crippen LogP contribution in [0.15, 0.2) is 53.5 Å². The Balaban J connectivity index is 1.88. The molecule has 0 spiro atoms. The van der Waals surface area contributed by atoms with E-state index < -0.39 is 23.1 Å². The van der Waals surface area contributed by atoms with Crippen LogP contribution in [0.2, 0.25) is 0 Å². The number of aliphatic hydroxyl groups excluding tert-OH is 1. The summed E-state index contributed by atoms with van der Waals surface area (Å²) in [4.78, 5) is 11.9. The van der Waals surface area contributed by atoms with Gasteiger partial charge in [0, 0.05) is 18.0 Å². The van der Waals surface area contributed by atoms with Gasteiger partial charge in [0.25, 0.3) is 5.91 Å². The van der Waals surface area contributed by atoms with Gasteiger partial charge in [-0.3, -0.25) is 9.80 Å². The summed E-state index contributed by atoms with van der Waals surface area (Å²) in [5.74, 6) is -0.693. The second-order valence-electron chi connectivity index (χ2n) is 6.48. The van der Waals surface area contributed by atoms with E-state index in [9.17, 15) is 23.1 Å². The van der Waals surface area contributed by atoms with Crippen molar-refractivity contribution in [3.05, 3.63) is 59.5 Å². The summed E-state index contributed by atoms with van der Waals surface area (Å²) in [6, 6.07) is 5.25. The van der Waals surface area contributed by atoms with Crippen LogP contribution in [0.1, 0.15) is 24.0 Å². The Morgan fingerprint density at radius 1 is 1.42 bits per heavy atom. The molecule has 3 rings (SSSR count). The van der Waals surface area contributed by atoms with Crippen LogP contribution in [0.4, 0.5) is 13.2 Å². The predicted octanol–water partition coefficient (Wildman–Crippen LogP) is 3.11. The van der Waals surface area contributed by atoms with Crippen LogP contribution in [0.5, 0.6) is 0 Å². The molecule has 5 nitrogen and oxygen atoms in total. The van der Waals surface area contributed by atoms with E-state index in [0.717, 1.165) is 12.1 Å². The molecule has 1 saturated carbocycles. The van der Waals surface area contributed by atoms with Crippen molar-refractivity contribution in [2.75, 3.05) is 13.6 Å². The second-order valence-corrected chi connectivity index (χ2v) is 6.48. The predicted molar refractivity (Wildman–Crippen MR) is 90.4 cm³/mol. The van der Waals surface area contributed by atoms with Crippen molar-refractivity contribution in [1.82, 2.24) is 10.3 Å². The van der Waals surface area contributed by atoms with Crippen LogP contribution in [0.25, 0.3) is 0 Å². The fourth-order valence-electron chi connectivity index (χ4n) is 2.96. The highest BCUT2D eigenvalue weighted by molar-refractivity contribution is 6.46. The highest BCUT2D eigenvalue weighted by atomic mass is 19.4. The molecule has 2 N–H and O–H groups in total. The van der Waals surface area contributed by atoms with Crippen LogP contribution in [0.3, 0.4) is 0 Å². The molecule has 1 aromatic carbocycles. The first-order valence-corrected chi connectivity index (χ1v) is 8.02. The third-order valence-electron chi connectivity index (χ3n) is 4.66. The van der Waals surface area contributed by atoms with E-state index in [2.05, 4.69) is 17.0 Å². The maximum Gasteiger partial charge on any atom is 0.416 e. The summed E-state index contributed by atoms with van der Waals surface area (Å²) in [5.41, 5.74) is -0.534. The lowest BCUT2D eigenvalue weighted by atomic mass is 9.93. The number of alkyl halides is 3. The number of carbonyl (C=O) groups is 1. The molecule has 0 atom stereocenters. The maximum atomic E-state index is 13.0. The third kappa shape index (κ3) is 3.31. The minimum Gasteiger partial charge on any atom is -0.506 e. The molecule has 0 aromatic heterocycles. The molecule has 0 saturated heterocycles. The highest BCUT2D eigenvalue weighted by Gasteiger charge is 2.47. The quantitative estimate of drug-likeness (QED) is 0.862. The van der Waals surface area contributed by atoms with Crippen LogP contribution < -0.4 is 5.32 Å². The van der Waals surface area contributed by atoms with Gasteiger partial charge in [0.05, 0.1) is 18.3 Å². The first kappa shape index (κ1) is 18.0. The molecule has 1 aromatic rings. The van der Waals surface area contributed by atoms with Gasteiger partial charge in [-0.2, -0.15) is 18.3 Å². The van der Waals surface area contributed by atoms with Crippen molar-refractivity contribution in [2.24, 2.45) is 5.10 Å². The molecule has 8 heteroatoms. The number of hydrogen-bond donors (Lipinski definition) is 2. The van der Waals surface area contributed by atoms with Gasteiger partial charge in [-0.1, -0.05) is 24.8 Å². The van der Waals surface area contributed by atoms with E-state index >= 15 is 0 Å². The number of amides is 1. The molecule has 1 aliphatic carbocycles. The van der Waals surface area contributed by atoms with E-state index in [0.29, 0.717) is 18.4 Å². The summed E-state index contributed by atoms with van der Waals surface area (Å²) in [5, 5.41) is 18.0. The molecule has 0 unspecified atom stereocenters. The van der Waals surface area contributed by atoms with Crippen LogP contribution in [-0.4, -0.2) is 35.3 Å². The lowest BCUT2D eigenvalue weighted by Crippen LogP contribution is -2.36. The average molecular weight is 365 g/mol. The standard InChI is InChI=1S/C18H18F3N3O2/c1-11-14(25)9-24(23-15(11)16(26)22-2)10-17(6-7-17)12-4-3-5-13(8-12)18(19,20)21/h3-5,8-9,25H,1,6-7,10H2,2H3,(H,22,26). The first-order chi connectivity index (χ1) is 12.2. The van der Waals surface area contributed by atoms with Crippen molar-refractivity contribution >= 4 is 11.6 Å². The van der Waals surface area contributed by atoms with Crippen LogP contribution in [0, 0.1) is 0 Å². The lowest BCUT2D eigenvalue weighted by Gasteiger charge is -2.27. The Bertz CT molecular complexity index is 823. The minimum atomic E-state index is -4.41. The SMILES string of the molecule is C=C1C(O)=CN(CC2(c3cccc(C(F)(F)F)c3)CC2)N=C1C(=O)NC. The Labute approximate surface area is 148 Å². The van der Waals surface area contributed by atoms with Gasteiger partial charge in [-0.25, -0.2) is 0 Å².